The molecule has 0 spiro atoms. The summed E-state index contributed by atoms with van der Waals surface area (Å²) in [4.78, 5) is 43.4. The van der Waals surface area contributed by atoms with Gasteiger partial charge in [-0.25, -0.2) is 9.36 Å². The number of aromatic nitrogens is 4. The molecule has 1 N–H and O–H groups in total. The number of hydrogen-bond acceptors (Lipinski definition) is 6. The van der Waals surface area contributed by atoms with E-state index in [-0.39, 0.29) is 11.2 Å². The highest BCUT2D eigenvalue weighted by molar-refractivity contribution is 5.77. The van der Waals surface area contributed by atoms with Crippen molar-refractivity contribution in [2.75, 3.05) is 11.4 Å². The molecule has 2 aromatic carbocycles. The molecule has 10 nitrogen and oxygen atoms in total. The van der Waals surface area contributed by atoms with Gasteiger partial charge in [0, 0.05) is 25.8 Å². The maximum atomic E-state index is 13.0. The zero-order valence-corrected chi connectivity index (χ0v) is 17.8. The van der Waals surface area contributed by atoms with Crippen LogP contribution in [-0.2, 0) is 24.9 Å². The molecule has 0 aliphatic carbocycles. The molecule has 33 heavy (non-hydrogen) atoms. The summed E-state index contributed by atoms with van der Waals surface area (Å²) in [5.74, 6) is 0.706. The van der Waals surface area contributed by atoms with Crippen molar-refractivity contribution in [1.82, 2.24) is 18.7 Å². The van der Waals surface area contributed by atoms with Crippen molar-refractivity contribution in [3.63, 3.8) is 0 Å². The van der Waals surface area contributed by atoms with E-state index >= 15 is 0 Å². The average Bonchev–Trinajstić information content (AvgIpc) is 3.22. The summed E-state index contributed by atoms with van der Waals surface area (Å²) in [6, 6.07) is 17.0. The number of anilines is 2. The fraction of sp³-hybridized carbons (Fsp3) is 0.217. The van der Waals surface area contributed by atoms with Crippen molar-refractivity contribution in [3.8, 4) is 11.5 Å². The first-order chi connectivity index (χ1) is 15.9. The minimum atomic E-state index is -1.26. The molecule has 10 heteroatoms. The Bertz CT molecular complexity index is 1470. The Morgan fingerprint density at radius 3 is 2.42 bits per heavy atom. The van der Waals surface area contributed by atoms with E-state index < -0.39 is 23.8 Å². The number of imidazole rings is 1. The third-order valence-corrected chi connectivity index (χ3v) is 5.64. The van der Waals surface area contributed by atoms with Crippen molar-refractivity contribution in [2.24, 2.45) is 7.05 Å². The lowest BCUT2D eigenvalue weighted by Gasteiger charge is -2.29. The Morgan fingerprint density at radius 2 is 1.73 bits per heavy atom. The van der Waals surface area contributed by atoms with E-state index in [0.29, 0.717) is 24.8 Å². The molecule has 0 unspecified atom stereocenters. The summed E-state index contributed by atoms with van der Waals surface area (Å²) in [5.41, 5.74) is -0.0378. The normalized spacial score (nSPS) is 13.2. The SMILES string of the molecule is Cn1c(=O)n(CC(=O)O)c(=O)c2c1nc1n2CCCN1c1ccc(Oc2ccccc2)cc1. The van der Waals surface area contributed by atoms with E-state index in [1.54, 1.807) is 4.57 Å². The van der Waals surface area contributed by atoms with Crippen LogP contribution in [0, 0.1) is 0 Å². The third kappa shape index (κ3) is 3.55. The first-order valence-electron chi connectivity index (χ1n) is 10.5. The number of benzene rings is 2. The standard InChI is InChI=1S/C23H21N5O5/c1-25-20-19(21(31)28(23(25)32)14-18(29)30)27-13-5-12-26(22(27)24-20)15-8-10-17(11-9-15)33-16-6-3-2-4-7-16/h2-4,6-11H,5,12-14H2,1H3,(H,29,30). The highest BCUT2D eigenvalue weighted by Gasteiger charge is 2.27. The minimum absolute atomic E-state index is 0.224. The van der Waals surface area contributed by atoms with Gasteiger partial charge < -0.3 is 19.3 Å². The van der Waals surface area contributed by atoms with Gasteiger partial charge in [0.25, 0.3) is 5.56 Å². The second kappa shape index (κ2) is 7.97. The average molecular weight is 447 g/mol. The van der Waals surface area contributed by atoms with Gasteiger partial charge in [-0.2, -0.15) is 4.98 Å². The van der Waals surface area contributed by atoms with Crippen molar-refractivity contribution in [3.05, 3.63) is 75.4 Å². The molecule has 2 aromatic heterocycles. The number of rotatable bonds is 5. The second-order valence-electron chi connectivity index (χ2n) is 7.78. The number of fused-ring (bicyclic) bond motifs is 3. The van der Waals surface area contributed by atoms with Gasteiger partial charge in [0.1, 0.15) is 18.0 Å². The van der Waals surface area contributed by atoms with E-state index in [4.69, 9.17) is 9.84 Å². The van der Waals surface area contributed by atoms with Crippen LogP contribution in [0.1, 0.15) is 6.42 Å². The molecule has 1 aliphatic rings. The summed E-state index contributed by atoms with van der Waals surface area (Å²) in [7, 11) is 1.49. The molecular formula is C23H21N5O5. The summed E-state index contributed by atoms with van der Waals surface area (Å²) in [6.07, 6.45) is 0.752. The van der Waals surface area contributed by atoms with Crippen LogP contribution >= 0.6 is 0 Å². The second-order valence-corrected chi connectivity index (χ2v) is 7.78. The van der Waals surface area contributed by atoms with Gasteiger partial charge in [0.15, 0.2) is 11.2 Å². The molecule has 3 heterocycles. The van der Waals surface area contributed by atoms with Gasteiger partial charge in [-0.05, 0) is 42.8 Å². The monoisotopic (exact) mass is 447 g/mol. The number of ether oxygens (including phenoxy) is 1. The van der Waals surface area contributed by atoms with Crippen LogP contribution < -0.4 is 20.9 Å². The molecule has 168 valence electrons. The molecule has 0 saturated carbocycles. The molecule has 0 amide bonds. The van der Waals surface area contributed by atoms with Crippen LogP contribution in [0.15, 0.2) is 64.2 Å². The highest BCUT2D eigenvalue weighted by Crippen LogP contribution is 2.32. The van der Waals surface area contributed by atoms with Crippen LogP contribution in [0.3, 0.4) is 0 Å². The Hall–Kier alpha value is -4.34. The summed E-state index contributed by atoms with van der Waals surface area (Å²) >= 11 is 0. The number of aliphatic carboxylic acids is 1. The van der Waals surface area contributed by atoms with Crippen molar-refractivity contribution in [1.29, 1.82) is 0 Å². The van der Waals surface area contributed by atoms with Crippen LogP contribution in [0.5, 0.6) is 11.5 Å². The van der Waals surface area contributed by atoms with Crippen LogP contribution in [0.25, 0.3) is 11.2 Å². The number of carbonyl (C=O) groups is 1. The Balaban J connectivity index is 1.56. The Kier molecular flexibility index (Phi) is 4.97. The Morgan fingerprint density at radius 1 is 1.03 bits per heavy atom. The van der Waals surface area contributed by atoms with Crippen molar-refractivity contribution < 1.29 is 14.6 Å². The Labute approximate surface area is 187 Å². The quantitative estimate of drug-likeness (QED) is 0.500. The van der Waals surface area contributed by atoms with E-state index in [1.807, 2.05) is 59.5 Å². The maximum absolute atomic E-state index is 13.0. The molecule has 0 radical (unpaired) electrons. The van der Waals surface area contributed by atoms with Crippen molar-refractivity contribution in [2.45, 2.75) is 19.5 Å². The first kappa shape index (κ1) is 20.6. The molecule has 0 saturated heterocycles. The molecular weight excluding hydrogens is 426 g/mol. The fourth-order valence-corrected chi connectivity index (χ4v) is 4.10. The lowest BCUT2D eigenvalue weighted by Crippen LogP contribution is -2.41. The van der Waals surface area contributed by atoms with Crippen LogP contribution in [-0.4, -0.2) is 36.3 Å². The minimum Gasteiger partial charge on any atom is -0.480 e. The van der Waals surface area contributed by atoms with Gasteiger partial charge in [0.05, 0.1) is 0 Å². The van der Waals surface area contributed by atoms with E-state index in [1.165, 1.54) is 11.6 Å². The fourth-order valence-electron chi connectivity index (χ4n) is 4.10. The summed E-state index contributed by atoms with van der Waals surface area (Å²) in [5, 5.41) is 9.13. The zero-order valence-electron chi connectivity index (χ0n) is 17.8. The number of carboxylic acid groups (broad SMARTS) is 1. The van der Waals surface area contributed by atoms with Gasteiger partial charge in [0.2, 0.25) is 5.95 Å². The number of hydrogen-bond donors (Lipinski definition) is 1. The lowest BCUT2D eigenvalue weighted by molar-refractivity contribution is -0.137. The lowest BCUT2D eigenvalue weighted by atomic mass is 10.2. The highest BCUT2D eigenvalue weighted by atomic mass is 16.5. The maximum Gasteiger partial charge on any atom is 0.333 e. The van der Waals surface area contributed by atoms with Crippen LogP contribution in [0.2, 0.25) is 0 Å². The largest absolute Gasteiger partial charge is 0.480 e. The molecule has 0 atom stereocenters. The molecule has 1 aliphatic heterocycles. The third-order valence-electron chi connectivity index (χ3n) is 5.64. The van der Waals surface area contributed by atoms with Gasteiger partial charge in [-0.15, -0.1) is 0 Å². The van der Waals surface area contributed by atoms with Crippen LogP contribution in [0.4, 0.5) is 11.6 Å². The van der Waals surface area contributed by atoms with Crippen molar-refractivity contribution >= 4 is 28.8 Å². The summed E-state index contributed by atoms with van der Waals surface area (Å²) in [6.45, 7) is 0.520. The van der Waals surface area contributed by atoms with E-state index in [2.05, 4.69) is 4.98 Å². The smallest absolute Gasteiger partial charge is 0.333 e. The number of nitrogens with zero attached hydrogens (tertiary/aromatic N) is 5. The summed E-state index contributed by atoms with van der Waals surface area (Å²) < 4.78 is 9.57. The topological polar surface area (TPSA) is 112 Å². The molecule has 4 aromatic rings. The molecule has 0 fully saturated rings. The number of para-hydroxylation sites is 1. The molecule has 0 bridgehead atoms. The predicted molar refractivity (Wildman–Crippen MR) is 121 cm³/mol. The zero-order chi connectivity index (χ0) is 23.1. The van der Waals surface area contributed by atoms with E-state index in [0.717, 1.165) is 22.4 Å². The molecule has 5 rings (SSSR count). The predicted octanol–water partition coefficient (Wildman–Crippen LogP) is 2.32. The first-order valence-corrected chi connectivity index (χ1v) is 10.5. The number of aryl methyl sites for hydroxylation is 2. The van der Waals surface area contributed by atoms with Gasteiger partial charge in [-0.3, -0.25) is 14.2 Å². The van der Waals surface area contributed by atoms with Gasteiger partial charge >= 0.3 is 11.7 Å². The number of carboxylic acids is 1. The van der Waals surface area contributed by atoms with Gasteiger partial charge in [-0.1, -0.05) is 18.2 Å². The van der Waals surface area contributed by atoms with E-state index in [9.17, 15) is 14.4 Å².